The largest absolute Gasteiger partial charge is 0.474 e. The van der Waals surface area contributed by atoms with Crippen molar-refractivity contribution in [1.82, 2.24) is 20.4 Å². The normalized spacial score (nSPS) is 10.8. The van der Waals surface area contributed by atoms with Crippen molar-refractivity contribution in [3.05, 3.63) is 223 Å². The fourth-order valence-corrected chi connectivity index (χ4v) is 10.9. The number of rotatable bonds is 29. The Balaban J connectivity index is 0.000000269. The number of carboxylic acids is 2. The van der Waals surface area contributed by atoms with Gasteiger partial charge in [-0.25, -0.2) is 9.59 Å². The third-order valence-corrected chi connectivity index (χ3v) is 16.1. The molecule has 440 valence electrons. The van der Waals surface area contributed by atoms with Gasteiger partial charge >= 0.3 is 23.8 Å². The maximum absolute atomic E-state index is 12.9. The molecular formula is C70H78Br2N4O8. The Labute approximate surface area is 512 Å². The Morgan fingerprint density at radius 1 is 0.405 bits per heavy atom. The van der Waals surface area contributed by atoms with Gasteiger partial charge in [0, 0.05) is 59.3 Å². The van der Waals surface area contributed by atoms with E-state index in [9.17, 15) is 39.0 Å². The van der Waals surface area contributed by atoms with Gasteiger partial charge in [-0.2, -0.15) is 0 Å². The Kier molecular flexibility index (Phi) is 27.6. The van der Waals surface area contributed by atoms with Crippen molar-refractivity contribution in [3.63, 3.8) is 0 Å². The monoisotopic (exact) mass is 1260 g/mol. The highest BCUT2D eigenvalue weighted by Gasteiger charge is 2.26. The number of hydrogen-bond acceptors (Lipinski definition) is 6. The fraction of sp³-hybridized carbons (Fsp3) is 0.314. The highest BCUT2D eigenvalue weighted by atomic mass is 79.9. The van der Waals surface area contributed by atoms with E-state index in [1.54, 1.807) is 36.4 Å². The molecule has 0 bridgehead atoms. The minimum absolute atomic E-state index is 0.0569. The first kappa shape index (κ1) is 65.5. The van der Waals surface area contributed by atoms with Gasteiger partial charge in [0.15, 0.2) is 0 Å². The van der Waals surface area contributed by atoms with Gasteiger partial charge in [0.1, 0.15) is 0 Å². The summed E-state index contributed by atoms with van der Waals surface area (Å²) in [6, 6.07) is 53.5. The molecule has 7 aromatic rings. The second kappa shape index (κ2) is 35.5. The molecule has 0 aliphatic carbocycles. The lowest BCUT2D eigenvalue weighted by Gasteiger charge is -2.23. The van der Waals surface area contributed by atoms with Gasteiger partial charge in [0.25, 0.3) is 11.8 Å². The lowest BCUT2D eigenvalue weighted by molar-refractivity contribution is -0.156. The number of nitrogens with one attached hydrogen (secondary N) is 2. The van der Waals surface area contributed by atoms with E-state index in [1.165, 1.54) is 86.0 Å². The molecule has 84 heavy (non-hydrogen) atoms. The number of halogens is 2. The summed E-state index contributed by atoms with van der Waals surface area (Å²) < 4.78 is 1.26. The van der Waals surface area contributed by atoms with Crippen LogP contribution in [0, 0.1) is 0 Å². The van der Waals surface area contributed by atoms with Gasteiger partial charge < -0.3 is 30.6 Å². The van der Waals surface area contributed by atoms with E-state index in [0.717, 1.165) is 58.2 Å². The molecule has 4 amide bonds. The molecule has 0 saturated carbocycles. The molecule has 0 atom stereocenters. The van der Waals surface area contributed by atoms with Gasteiger partial charge in [-0.3, -0.25) is 19.2 Å². The summed E-state index contributed by atoms with van der Waals surface area (Å²) >= 11 is 7.07. The van der Waals surface area contributed by atoms with Crippen LogP contribution in [-0.4, -0.2) is 62.1 Å². The van der Waals surface area contributed by atoms with E-state index in [-0.39, 0.29) is 38.0 Å². The first-order valence-electron chi connectivity index (χ1n) is 29.3. The molecule has 0 saturated heterocycles. The molecule has 7 aromatic carbocycles. The van der Waals surface area contributed by atoms with E-state index >= 15 is 0 Å². The lowest BCUT2D eigenvalue weighted by atomic mass is 9.99. The van der Waals surface area contributed by atoms with Gasteiger partial charge in [-0.15, -0.1) is 0 Å². The Bertz CT molecular complexity index is 3250. The molecule has 7 rings (SSSR count). The number of hydrogen-bond donors (Lipinski definition) is 4. The van der Waals surface area contributed by atoms with Crippen molar-refractivity contribution in [3.8, 4) is 22.3 Å². The fourth-order valence-electron chi connectivity index (χ4n) is 9.84. The van der Waals surface area contributed by atoms with E-state index in [2.05, 4.69) is 68.5 Å². The van der Waals surface area contributed by atoms with Crippen LogP contribution in [0.1, 0.15) is 151 Å². The van der Waals surface area contributed by atoms with Gasteiger partial charge in [-0.05, 0) is 99.2 Å². The maximum atomic E-state index is 12.9. The number of aliphatic carboxylic acids is 2. The molecule has 0 unspecified atom stereocenters. The number of carbonyl (C=O) groups excluding carboxylic acids is 4. The summed E-state index contributed by atoms with van der Waals surface area (Å²) in [5.41, 5.74) is 10.2. The van der Waals surface area contributed by atoms with Crippen LogP contribution in [-0.2, 0) is 58.3 Å². The van der Waals surface area contributed by atoms with Crippen LogP contribution < -0.4 is 10.6 Å². The zero-order valence-electron chi connectivity index (χ0n) is 48.3. The zero-order chi connectivity index (χ0) is 60.1. The van der Waals surface area contributed by atoms with Crippen molar-refractivity contribution < 1.29 is 39.0 Å². The molecule has 12 nitrogen and oxygen atoms in total. The molecule has 14 heteroatoms. The summed E-state index contributed by atoms with van der Waals surface area (Å²) in [5.74, 6) is -5.37. The van der Waals surface area contributed by atoms with Crippen LogP contribution in [0.15, 0.2) is 179 Å². The van der Waals surface area contributed by atoms with Crippen molar-refractivity contribution in [1.29, 1.82) is 0 Å². The summed E-state index contributed by atoms with van der Waals surface area (Å²) in [6.07, 6.45) is 17.1. The van der Waals surface area contributed by atoms with E-state index < -0.39 is 23.8 Å². The van der Waals surface area contributed by atoms with Crippen LogP contribution in [0.4, 0.5) is 0 Å². The number of nitrogens with zero attached hydrogens (tertiary/aromatic N) is 2. The van der Waals surface area contributed by atoms with E-state index in [4.69, 9.17) is 0 Å². The minimum atomic E-state index is -1.52. The quantitative estimate of drug-likeness (QED) is 0.0265. The molecule has 4 N–H and O–H groups in total. The number of benzene rings is 7. The van der Waals surface area contributed by atoms with Crippen LogP contribution in [0.25, 0.3) is 22.3 Å². The van der Waals surface area contributed by atoms with Gasteiger partial charge in [-0.1, -0.05) is 262 Å². The summed E-state index contributed by atoms with van der Waals surface area (Å²) in [6.45, 7) is 5.86. The average molecular weight is 1260 g/mol. The van der Waals surface area contributed by atoms with Crippen LogP contribution in [0.5, 0.6) is 0 Å². The highest BCUT2D eigenvalue weighted by molar-refractivity contribution is 9.10. The Hall–Kier alpha value is -7.68. The maximum Gasteiger partial charge on any atom is 0.394 e. The Morgan fingerprint density at radius 2 is 0.786 bits per heavy atom. The SMILES string of the molecule is CCCCCCCCCCCCNC(=O)c1ccc(CN(Cc2ccccc2-c2ccccc2)C(=O)C(=O)O)c(Br)c1.CCCCCc1ccc(CNC(=O)c2ccc(CN(Cc3ccccc3-c3ccccc3)C(=O)C(=O)O)c(Br)c2)cc1. The molecule has 0 radical (unpaired) electrons. The number of carbonyl (C=O) groups is 6. The molecule has 0 heterocycles. The van der Waals surface area contributed by atoms with Crippen LogP contribution >= 0.6 is 31.9 Å². The summed E-state index contributed by atoms with van der Waals surface area (Å²) in [4.78, 5) is 77.1. The number of unbranched alkanes of at least 4 members (excludes halogenated alkanes) is 11. The van der Waals surface area contributed by atoms with Gasteiger partial charge in [0.05, 0.1) is 0 Å². The molecule has 0 spiro atoms. The van der Waals surface area contributed by atoms with Crippen molar-refractivity contribution in [2.24, 2.45) is 0 Å². The number of carboxylic acid groups (broad SMARTS) is 2. The highest BCUT2D eigenvalue weighted by Crippen LogP contribution is 2.29. The summed E-state index contributed by atoms with van der Waals surface area (Å²) in [7, 11) is 0. The van der Waals surface area contributed by atoms with Crippen LogP contribution in [0.2, 0.25) is 0 Å². The minimum Gasteiger partial charge on any atom is -0.474 e. The van der Waals surface area contributed by atoms with E-state index in [0.29, 0.717) is 44.3 Å². The predicted molar refractivity (Wildman–Crippen MR) is 341 cm³/mol. The second-order valence-corrected chi connectivity index (χ2v) is 22.7. The number of aryl methyl sites for hydroxylation is 1. The molecule has 0 aliphatic rings. The topological polar surface area (TPSA) is 173 Å². The first-order valence-corrected chi connectivity index (χ1v) is 30.9. The smallest absolute Gasteiger partial charge is 0.394 e. The zero-order valence-corrected chi connectivity index (χ0v) is 51.5. The molecule has 0 aliphatic heterocycles. The molecule has 0 fully saturated rings. The lowest BCUT2D eigenvalue weighted by Crippen LogP contribution is -2.35. The van der Waals surface area contributed by atoms with Crippen molar-refractivity contribution in [2.75, 3.05) is 6.54 Å². The average Bonchev–Trinajstić information content (AvgIpc) is 3.72. The van der Waals surface area contributed by atoms with E-state index in [1.807, 2.05) is 121 Å². The summed E-state index contributed by atoms with van der Waals surface area (Å²) in [5, 5.41) is 25.0. The third kappa shape index (κ3) is 21.2. The number of amides is 4. The molecule has 0 aromatic heterocycles. The van der Waals surface area contributed by atoms with Crippen LogP contribution in [0.3, 0.4) is 0 Å². The third-order valence-electron chi connectivity index (χ3n) is 14.6. The first-order chi connectivity index (χ1) is 40.8. The second-order valence-electron chi connectivity index (χ2n) is 21.0. The standard InChI is InChI=1S/C35H35BrN2O4.C35H43BrN2O4/c1-2-3-5-10-25-15-17-26(18-16-25)22-37-33(39)28-19-20-30(32(36)21-28)24-38(34(40)35(41)42)23-29-13-8-9-14-31(29)27-11-6-4-7-12-27;1-2-3-4-5-6-7-8-9-10-16-23-37-33(39)28-21-22-30(32(36)24-28)26-38(34(40)35(41)42)25-29-19-14-15-20-31(29)27-17-12-11-13-18-27/h4,6-9,11-21H,2-3,5,10,22-24H2,1H3,(H,37,39)(H,41,42);11-15,17-22,24H,2-10,16,23,25-26H2,1H3,(H,37,39)(H,41,42). The van der Waals surface area contributed by atoms with Crippen molar-refractivity contribution in [2.45, 2.75) is 136 Å². The van der Waals surface area contributed by atoms with Crippen molar-refractivity contribution >= 4 is 67.4 Å². The Morgan fingerprint density at radius 3 is 1.23 bits per heavy atom. The van der Waals surface area contributed by atoms with Gasteiger partial charge in [0.2, 0.25) is 0 Å². The molecular weight excluding hydrogens is 1180 g/mol. The predicted octanol–water partition coefficient (Wildman–Crippen LogP) is 15.8.